The number of nitrogens with zero attached hydrogens (tertiary/aromatic N) is 1. The van der Waals surface area contributed by atoms with Crippen LogP contribution in [0.3, 0.4) is 0 Å². The van der Waals surface area contributed by atoms with Gasteiger partial charge in [-0.2, -0.15) is 0 Å². The van der Waals surface area contributed by atoms with E-state index in [0.29, 0.717) is 0 Å². The fourth-order valence-corrected chi connectivity index (χ4v) is 2.39. The highest BCUT2D eigenvalue weighted by Crippen LogP contribution is 2.23. The molecule has 1 heterocycles. The minimum atomic E-state index is -0.381. The lowest BCUT2D eigenvalue weighted by atomic mass is 10.0. The fourth-order valence-electron chi connectivity index (χ4n) is 2.39. The van der Waals surface area contributed by atoms with Crippen LogP contribution in [0.1, 0.15) is 53.9 Å². The normalized spacial score (nSPS) is 23.7. The first-order valence-corrected chi connectivity index (χ1v) is 6.80. The molecule has 1 saturated heterocycles. The number of carbonyl (C=O) groups excluding carboxylic acids is 1. The summed E-state index contributed by atoms with van der Waals surface area (Å²) in [6, 6.07) is -0.101. The topological polar surface area (TPSA) is 29.5 Å². The van der Waals surface area contributed by atoms with E-state index >= 15 is 0 Å². The molecule has 0 aromatic heterocycles. The lowest BCUT2D eigenvalue weighted by Crippen LogP contribution is -2.41. The first-order valence-electron chi connectivity index (χ1n) is 6.80. The largest absolute Gasteiger partial charge is 0.459 e. The Kier molecular flexibility index (Phi) is 4.99. The van der Waals surface area contributed by atoms with Gasteiger partial charge in [0.15, 0.2) is 0 Å². The van der Waals surface area contributed by atoms with Crippen LogP contribution >= 0.6 is 0 Å². The van der Waals surface area contributed by atoms with E-state index in [4.69, 9.17) is 4.74 Å². The van der Waals surface area contributed by atoms with E-state index in [1.165, 1.54) is 19.3 Å². The SMILES string of the molecule is CCCC1CCN(C(C)C(=O)OC(C)(C)C)C1. The van der Waals surface area contributed by atoms with Gasteiger partial charge in [-0.15, -0.1) is 0 Å². The number of hydrogen-bond donors (Lipinski definition) is 0. The van der Waals surface area contributed by atoms with Crippen molar-refractivity contribution in [2.75, 3.05) is 13.1 Å². The molecule has 100 valence electrons. The summed E-state index contributed by atoms with van der Waals surface area (Å²) in [5.41, 5.74) is -0.381. The number of ether oxygens (including phenoxy) is 1. The molecule has 2 atom stereocenters. The lowest BCUT2D eigenvalue weighted by Gasteiger charge is -2.27. The predicted octanol–water partition coefficient (Wildman–Crippen LogP) is 2.84. The molecule has 0 N–H and O–H groups in total. The average molecular weight is 241 g/mol. The van der Waals surface area contributed by atoms with E-state index in [-0.39, 0.29) is 17.6 Å². The van der Waals surface area contributed by atoms with Gasteiger partial charge >= 0.3 is 5.97 Å². The Labute approximate surface area is 106 Å². The van der Waals surface area contributed by atoms with Crippen LogP contribution in [0.4, 0.5) is 0 Å². The van der Waals surface area contributed by atoms with Gasteiger partial charge < -0.3 is 4.74 Å². The van der Waals surface area contributed by atoms with Crippen molar-refractivity contribution in [3.05, 3.63) is 0 Å². The third-order valence-corrected chi connectivity index (χ3v) is 3.31. The zero-order chi connectivity index (χ0) is 13.1. The van der Waals surface area contributed by atoms with Crippen LogP contribution in [-0.2, 0) is 9.53 Å². The summed E-state index contributed by atoms with van der Waals surface area (Å²) in [7, 11) is 0. The molecule has 0 saturated carbocycles. The summed E-state index contributed by atoms with van der Waals surface area (Å²) in [6.07, 6.45) is 3.73. The number of hydrogen-bond acceptors (Lipinski definition) is 3. The molecule has 0 radical (unpaired) electrons. The summed E-state index contributed by atoms with van der Waals surface area (Å²) < 4.78 is 5.43. The van der Waals surface area contributed by atoms with Gasteiger partial charge in [-0.1, -0.05) is 13.3 Å². The first-order chi connectivity index (χ1) is 7.83. The van der Waals surface area contributed by atoms with Crippen molar-refractivity contribution < 1.29 is 9.53 Å². The Hall–Kier alpha value is -0.570. The van der Waals surface area contributed by atoms with Crippen LogP contribution in [0.5, 0.6) is 0 Å². The van der Waals surface area contributed by atoms with E-state index < -0.39 is 0 Å². The molecule has 1 fully saturated rings. The standard InChI is InChI=1S/C14H27NO2/c1-6-7-12-8-9-15(10-12)11(2)13(16)17-14(3,4)5/h11-12H,6-10H2,1-5H3. The molecule has 0 aliphatic carbocycles. The molecule has 1 aliphatic heterocycles. The summed E-state index contributed by atoms with van der Waals surface area (Å²) in [4.78, 5) is 14.2. The summed E-state index contributed by atoms with van der Waals surface area (Å²) in [5.74, 6) is 0.680. The Balaban J connectivity index is 2.43. The monoisotopic (exact) mass is 241 g/mol. The van der Waals surface area contributed by atoms with Gasteiger partial charge in [0, 0.05) is 6.54 Å². The fraction of sp³-hybridized carbons (Fsp3) is 0.929. The lowest BCUT2D eigenvalue weighted by molar-refractivity contribution is -0.160. The van der Waals surface area contributed by atoms with Crippen LogP contribution < -0.4 is 0 Å². The summed E-state index contributed by atoms with van der Waals surface area (Å²) in [6.45, 7) is 12.0. The van der Waals surface area contributed by atoms with Crippen molar-refractivity contribution >= 4 is 5.97 Å². The average Bonchev–Trinajstić information content (AvgIpc) is 2.63. The minimum Gasteiger partial charge on any atom is -0.459 e. The second-order valence-corrected chi connectivity index (χ2v) is 6.15. The second kappa shape index (κ2) is 5.85. The molecule has 0 amide bonds. The molecule has 3 nitrogen and oxygen atoms in total. The van der Waals surface area contributed by atoms with Gasteiger partial charge in [0.05, 0.1) is 0 Å². The third kappa shape index (κ3) is 4.66. The predicted molar refractivity (Wildman–Crippen MR) is 69.9 cm³/mol. The van der Waals surface area contributed by atoms with Crippen molar-refractivity contribution in [2.24, 2.45) is 5.92 Å². The first kappa shape index (κ1) is 14.5. The summed E-state index contributed by atoms with van der Waals surface area (Å²) >= 11 is 0. The number of likely N-dealkylation sites (tertiary alicyclic amines) is 1. The highest BCUT2D eigenvalue weighted by Gasteiger charge is 2.31. The molecule has 17 heavy (non-hydrogen) atoms. The van der Waals surface area contributed by atoms with Gasteiger partial charge in [0.25, 0.3) is 0 Å². The molecule has 0 bridgehead atoms. The Bertz CT molecular complexity index is 257. The second-order valence-electron chi connectivity index (χ2n) is 6.15. The summed E-state index contributed by atoms with van der Waals surface area (Å²) in [5, 5.41) is 0. The van der Waals surface area contributed by atoms with Gasteiger partial charge in [-0.05, 0) is 53.0 Å². The van der Waals surface area contributed by atoms with Crippen LogP contribution in [0.15, 0.2) is 0 Å². The van der Waals surface area contributed by atoms with E-state index in [1.807, 2.05) is 27.7 Å². The van der Waals surface area contributed by atoms with Crippen molar-refractivity contribution in [2.45, 2.75) is 65.5 Å². The minimum absolute atomic E-state index is 0.0883. The maximum absolute atomic E-state index is 11.9. The van der Waals surface area contributed by atoms with E-state index in [0.717, 1.165) is 19.0 Å². The molecule has 2 unspecified atom stereocenters. The highest BCUT2D eigenvalue weighted by atomic mass is 16.6. The Morgan fingerprint density at radius 3 is 2.65 bits per heavy atom. The van der Waals surface area contributed by atoms with Crippen molar-refractivity contribution in [3.8, 4) is 0 Å². The number of rotatable bonds is 4. The molecule has 1 rings (SSSR count). The molecular weight excluding hydrogens is 214 g/mol. The van der Waals surface area contributed by atoms with Gasteiger partial charge in [0.1, 0.15) is 11.6 Å². The smallest absolute Gasteiger partial charge is 0.323 e. The Morgan fingerprint density at radius 2 is 2.12 bits per heavy atom. The zero-order valence-corrected chi connectivity index (χ0v) is 12.0. The van der Waals surface area contributed by atoms with Crippen molar-refractivity contribution in [1.29, 1.82) is 0 Å². The molecule has 0 spiro atoms. The maximum Gasteiger partial charge on any atom is 0.323 e. The van der Waals surface area contributed by atoms with Gasteiger partial charge in [-0.3, -0.25) is 9.69 Å². The number of carbonyl (C=O) groups is 1. The molecule has 0 aromatic carbocycles. The Morgan fingerprint density at radius 1 is 1.47 bits per heavy atom. The van der Waals surface area contributed by atoms with Crippen LogP contribution in [0.25, 0.3) is 0 Å². The quantitative estimate of drug-likeness (QED) is 0.709. The van der Waals surface area contributed by atoms with E-state index in [9.17, 15) is 4.79 Å². The van der Waals surface area contributed by atoms with E-state index in [1.54, 1.807) is 0 Å². The molecule has 0 aromatic rings. The number of esters is 1. The van der Waals surface area contributed by atoms with Crippen molar-refractivity contribution in [1.82, 2.24) is 4.90 Å². The van der Waals surface area contributed by atoms with Crippen LogP contribution in [-0.4, -0.2) is 35.6 Å². The van der Waals surface area contributed by atoms with E-state index in [2.05, 4.69) is 11.8 Å². The molecular formula is C14H27NO2. The molecule has 3 heteroatoms. The van der Waals surface area contributed by atoms with Gasteiger partial charge in [-0.25, -0.2) is 0 Å². The van der Waals surface area contributed by atoms with Crippen molar-refractivity contribution in [3.63, 3.8) is 0 Å². The zero-order valence-electron chi connectivity index (χ0n) is 12.0. The molecule has 1 aliphatic rings. The maximum atomic E-state index is 11.9. The third-order valence-electron chi connectivity index (χ3n) is 3.31. The highest BCUT2D eigenvalue weighted by molar-refractivity contribution is 5.75. The van der Waals surface area contributed by atoms with Gasteiger partial charge in [0.2, 0.25) is 0 Å². The van der Waals surface area contributed by atoms with Crippen LogP contribution in [0, 0.1) is 5.92 Å². The van der Waals surface area contributed by atoms with Crippen LogP contribution in [0.2, 0.25) is 0 Å².